The number of para-hydroxylation sites is 2. The van der Waals surface area contributed by atoms with Crippen molar-refractivity contribution in [1.82, 2.24) is 4.90 Å². The zero-order valence-electron chi connectivity index (χ0n) is 11.5. The average Bonchev–Trinajstić information content (AvgIpc) is 2.36. The summed E-state index contributed by atoms with van der Waals surface area (Å²) >= 11 is 0. The van der Waals surface area contributed by atoms with Gasteiger partial charge in [0, 0.05) is 19.6 Å². The second-order valence-corrected chi connectivity index (χ2v) is 5.93. The van der Waals surface area contributed by atoms with E-state index in [0.29, 0.717) is 12.5 Å². The van der Waals surface area contributed by atoms with E-state index in [-0.39, 0.29) is 6.10 Å². The van der Waals surface area contributed by atoms with Gasteiger partial charge in [0.15, 0.2) is 11.5 Å². The lowest BCUT2D eigenvalue weighted by molar-refractivity contribution is -0.136. The first-order valence-corrected chi connectivity index (χ1v) is 6.90. The molecular weight excluding hydrogens is 242 g/mol. The van der Waals surface area contributed by atoms with Crippen molar-refractivity contribution in [3.8, 4) is 11.5 Å². The first-order chi connectivity index (χ1) is 9.07. The number of benzene rings is 1. The highest BCUT2D eigenvalue weighted by molar-refractivity contribution is 5.40. The van der Waals surface area contributed by atoms with Gasteiger partial charge in [-0.25, -0.2) is 0 Å². The first kappa shape index (κ1) is 12.8. The molecular formula is C15H21NO3. The fraction of sp³-hybridized carbons (Fsp3) is 0.600. The van der Waals surface area contributed by atoms with Gasteiger partial charge in [0.1, 0.15) is 12.7 Å². The number of rotatable bonds is 3. The van der Waals surface area contributed by atoms with Crippen LogP contribution in [0.3, 0.4) is 0 Å². The van der Waals surface area contributed by atoms with E-state index in [9.17, 15) is 5.11 Å². The fourth-order valence-electron chi connectivity index (χ4n) is 2.66. The summed E-state index contributed by atoms with van der Waals surface area (Å²) in [4.78, 5) is 2.22. The quantitative estimate of drug-likeness (QED) is 0.898. The Bertz CT molecular complexity index is 454. The zero-order valence-corrected chi connectivity index (χ0v) is 11.5. The number of fused-ring (bicyclic) bond motifs is 1. The molecule has 2 aliphatic rings. The van der Waals surface area contributed by atoms with Crippen molar-refractivity contribution >= 4 is 0 Å². The number of hydrogen-bond donors (Lipinski definition) is 1. The topological polar surface area (TPSA) is 41.9 Å². The van der Waals surface area contributed by atoms with E-state index in [1.165, 1.54) is 0 Å². The van der Waals surface area contributed by atoms with Gasteiger partial charge < -0.3 is 14.6 Å². The van der Waals surface area contributed by atoms with Crippen LogP contribution in [0, 0.1) is 5.92 Å². The second kappa shape index (κ2) is 4.69. The van der Waals surface area contributed by atoms with Crippen LogP contribution in [0.2, 0.25) is 0 Å². The first-order valence-electron chi connectivity index (χ1n) is 6.90. The Morgan fingerprint density at radius 1 is 1.32 bits per heavy atom. The van der Waals surface area contributed by atoms with Crippen LogP contribution in [-0.2, 0) is 0 Å². The monoisotopic (exact) mass is 263 g/mol. The summed E-state index contributed by atoms with van der Waals surface area (Å²) in [5, 5.41) is 10.2. The van der Waals surface area contributed by atoms with Crippen LogP contribution in [0.25, 0.3) is 0 Å². The van der Waals surface area contributed by atoms with Crippen molar-refractivity contribution in [3.05, 3.63) is 24.3 Å². The van der Waals surface area contributed by atoms with Gasteiger partial charge >= 0.3 is 0 Å². The maximum absolute atomic E-state index is 10.2. The summed E-state index contributed by atoms with van der Waals surface area (Å²) in [6.07, 6.45) is 0.0478. The van der Waals surface area contributed by atoms with Crippen molar-refractivity contribution < 1.29 is 14.6 Å². The Labute approximate surface area is 113 Å². The summed E-state index contributed by atoms with van der Waals surface area (Å²) in [6, 6.07) is 7.75. The van der Waals surface area contributed by atoms with Crippen LogP contribution >= 0.6 is 0 Å². The van der Waals surface area contributed by atoms with Crippen molar-refractivity contribution in [2.24, 2.45) is 5.92 Å². The molecule has 4 nitrogen and oxygen atoms in total. The maximum Gasteiger partial charge on any atom is 0.161 e. The van der Waals surface area contributed by atoms with Gasteiger partial charge in [-0.15, -0.1) is 0 Å². The summed E-state index contributed by atoms with van der Waals surface area (Å²) in [5.74, 6) is 1.94. The molecule has 104 valence electrons. The molecule has 4 heteroatoms. The van der Waals surface area contributed by atoms with Crippen LogP contribution in [0.4, 0.5) is 0 Å². The minimum atomic E-state index is -0.520. The molecule has 3 rings (SSSR count). The Kier molecular flexibility index (Phi) is 3.15. The van der Waals surface area contributed by atoms with E-state index < -0.39 is 5.60 Å². The third-order valence-electron chi connectivity index (χ3n) is 4.10. The lowest BCUT2D eigenvalue weighted by Crippen LogP contribution is -2.66. The second-order valence-electron chi connectivity index (χ2n) is 5.93. The van der Waals surface area contributed by atoms with Gasteiger partial charge in [0.25, 0.3) is 0 Å². The highest BCUT2D eigenvalue weighted by Crippen LogP contribution is 2.33. The summed E-state index contributed by atoms with van der Waals surface area (Å²) in [7, 11) is 0. The summed E-state index contributed by atoms with van der Waals surface area (Å²) < 4.78 is 11.6. The highest BCUT2D eigenvalue weighted by Gasteiger charge is 2.44. The Hall–Kier alpha value is -1.26. The number of aliphatic hydroxyl groups is 1. The molecule has 0 amide bonds. The van der Waals surface area contributed by atoms with Gasteiger partial charge in [0.05, 0.1) is 5.60 Å². The molecule has 1 saturated heterocycles. The smallest absolute Gasteiger partial charge is 0.161 e. The lowest BCUT2D eigenvalue weighted by atomic mass is 9.83. The largest absolute Gasteiger partial charge is 0.486 e. The minimum Gasteiger partial charge on any atom is -0.486 e. The van der Waals surface area contributed by atoms with Gasteiger partial charge in [-0.2, -0.15) is 0 Å². The van der Waals surface area contributed by atoms with Gasteiger partial charge in [-0.05, 0) is 18.1 Å². The predicted molar refractivity (Wildman–Crippen MR) is 72.6 cm³/mol. The molecule has 1 unspecified atom stereocenters. The van der Waals surface area contributed by atoms with Crippen LogP contribution in [-0.4, -0.2) is 48.0 Å². The molecule has 1 fully saturated rings. The fourth-order valence-corrected chi connectivity index (χ4v) is 2.66. The van der Waals surface area contributed by atoms with E-state index >= 15 is 0 Å². The number of β-amino-alcohol motifs (C(OH)–C–C–N with tert-alkyl or cyclic N) is 1. The minimum absolute atomic E-state index is 0.0478. The Balaban J connectivity index is 1.54. The SMILES string of the molecule is CC(C)C1(O)CN(CC2COc3ccccc3O2)C1. The molecule has 2 heterocycles. The summed E-state index contributed by atoms with van der Waals surface area (Å²) in [6.45, 7) is 6.97. The number of hydrogen-bond acceptors (Lipinski definition) is 4. The van der Waals surface area contributed by atoms with Crippen molar-refractivity contribution in [2.45, 2.75) is 25.6 Å². The molecule has 1 N–H and O–H groups in total. The molecule has 1 aromatic carbocycles. The third kappa shape index (κ3) is 2.42. The molecule has 0 spiro atoms. The summed E-state index contributed by atoms with van der Waals surface area (Å²) in [5.41, 5.74) is -0.520. The van der Waals surface area contributed by atoms with Gasteiger partial charge in [-0.1, -0.05) is 26.0 Å². The Morgan fingerprint density at radius 3 is 2.68 bits per heavy atom. The molecule has 0 aliphatic carbocycles. The van der Waals surface area contributed by atoms with Crippen molar-refractivity contribution in [1.29, 1.82) is 0 Å². The molecule has 0 bridgehead atoms. The third-order valence-corrected chi connectivity index (χ3v) is 4.10. The lowest BCUT2D eigenvalue weighted by Gasteiger charge is -2.50. The van der Waals surface area contributed by atoms with E-state index in [1.807, 2.05) is 24.3 Å². The van der Waals surface area contributed by atoms with Crippen LogP contribution in [0.5, 0.6) is 11.5 Å². The zero-order chi connectivity index (χ0) is 13.5. The molecule has 0 aromatic heterocycles. The molecule has 19 heavy (non-hydrogen) atoms. The van der Waals surface area contributed by atoms with E-state index in [2.05, 4.69) is 18.7 Å². The number of nitrogens with zero attached hydrogens (tertiary/aromatic N) is 1. The highest BCUT2D eigenvalue weighted by atomic mass is 16.6. The van der Waals surface area contributed by atoms with E-state index in [4.69, 9.17) is 9.47 Å². The maximum atomic E-state index is 10.2. The van der Waals surface area contributed by atoms with Crippen molar-refractivity contribution in [2.75, 3.05) is 26.2 Å². The van der Waals surface area contributed by atoms with E-state index in [0.717, 1.165) is 31.1 Å². The van der Waals surface area contributed by atoms with Gasteiger partial charge in [0.2, 0.25) is 0 Å². The van der Waals surface area contributed by atoms with Crippen LogP contribution in [0.1, 0.15) is 13.8 Å². The number of ether oxygens (including phenoxy) is 2. The van der Waals surface area contributed by atoms with Crippen LogP contribution in [0.15, 0.2) is 24.3 Å². The molecule has 1 aromatic rings. The molecule has 1 atom stereocenters. The van der Waals surface area contributed by atoms with E-state index in [1.54, 1.807) is 0 Å². The normalized spacial score (nSPS) is 25.2. The standard InChI is InChI=1S/C15H21NO3/c1-11(2)15(17)9-16(10-15)7-12-8-18-13-5-3-4-6-14(13)19-12/h3-6,11-12,17H,7-10H2,1-2H3. The molecule has 0 radical (unpaired) electrons. The molecule has 2 aliphatic heterocycles. The molecule has 0 saturated carbocycles. The van der Waals surface area contributed by atoms with Gasteiger partial charge in [-0.3, -0.25) is 4.90 Å². The number of likely N-dealkylation sites (tertiary alicyclic amines) is 1. The predicted octanol–water partition coefficient (Wildman–Crippen LogP) is 1.53. The van der Waals surface area contributed by atoms with Crippen LogP contribution < -0.4 is 9.47 Å². The van der Waals surface area contributed by atoms with Crippen molar-refractivity contribution in [3.63, 3.8) is 0 Å². The Morgan fingerprint density at radius 2 is 2.00 bits per heavy atom. The average molecular weight is 263 g/mol.